The molecule has 6 heteroatoms. The van der Waals surface area contributed by atoms with Crippen molar-refractivity contribution in [3.8, 4) is 0 Å². The van der Waals surface area contributed by atoms with Crippen LogP contribution in [-0.2, 0) is 4.79 Å². The number of fused-ring (bicyclic) bond motifs is 1. The number of aliphatic carboxylic acids is 1. The smallest absolute Gasteiger partial charge is 0.303 e. The zero-order valence-corrected chi connectivity index (χ0v) is 12.6. The Labute approximate surface area is 129 Å². The van der Waals surface area contributed by atoms with Crippen LogP contribution in [0.2, 0.25) is 0 Å². The van der Waals surface area contributed by atoms with Crippen molar-refractivity contribution in [3.63, 3.8) is 0 Å². The van der Waals surface area contributed by atoms with Crippen LogP contribution in [-0.4, -0.2) is 53.7 Å². The number of piperazine rings is 1. The van der Waals surface area contributed by atoms with E-state index in [0.29, 0.717) is 6.01 Å². The van der Waals surface area contributed by atoms with Crippen LogP contribution in [0.1, 0.15) is 19.3 Å². The number of unbranched alkanes of at least 4 members (excludes halogenated alkanes) is 1. The summed E-state index contributed by atoms with van der Waals surface area (Å²) in [6.45, 7) is 4.68. The first kappa shape index (κ1) is 14.8. The lowest BCUT2D eigenvalue weighted by molar-refractivity contribution is -0.137. The van der Waals surface area contributed by atoms with E-state index in [2.05, 4.69) is 14.8 Å². The van der Waals surface area contributed by atoms with Gasteiger partial charge in [0, 0.05) is 32.6 Å². The minimum Gasteiger partial charge on any atom is -0.481 e. The Morgan fingerprint density at radius 1 is 1.18 bits per heavy atom. The molecule has 1 aliphatic heterocycles. The van der Waals surface area contributed by atoms with Gasteiger partial charge in [-0.15, -0.1) is 0 Å². The molecule has 0 bridgehead atoms. The molecular weight excluding hydrogens is 282 g/mol. The summed E-state index contributed by atoms with van der Waals surface area (Å²) in [6.07, 6.45) is 1.96. The van der Waals surface area contributed by atoms with Gasteiger partial charge in [-0.2, -0.15) is 4.98 Å². The van der Waals surface area contributed by atoms with Gasteiger partial charge in [-0.1, -0.05) is 12.1 Å². The number of carboxylic acid groups (broad SMARTS) is 1. The van der Waals surface area contributed by atoms with E-state index in [-0.39, 0.29) is 6.42 Å². The molecule has 118 valence electrons. The SMILES string of the molecule is O=C(O)CCCCN1CCN(c2nc3ccccc3o2)CC1. The van der Waals surface area contributed by atoms with Gasteiger partial charge in [-0.25, -0.2) is 0 Å². The third-order valence-electron chi connectivity index (χ3n) is 4.04. The lowest BCUT2D eigenvalue weighted by Gasteiger charge is -2.33. The van der Waals surface area contributed by atoms with Crippen molar-refractivity contribution >= 4 is 23.1 Å². The molecule has 1 saturated heterocycles. The van der Waals surface area contributed by atoms with Crippen LogP contribution in [0.15, 0.2) is 28.7 Å². The van der Waals surface area contributed by atoms with Crippen LogP contribution < -0.4 is 4.90 Å². The van der Waals surface area contributed by atoms with E-state index in [1.54, 1.807) is 0 Å². The van der Waals surface area contributed by atoms with Crippen molar-refractivity contribution in [2.24, 2.45) is 0 Å². The maximum atomic E-state index is 10.5. The van der Waals surface area contributed by atoms with Crippen LogP contribution >= 0.6 is 0 Å². The number of rotatable bonds is 6. The van der Waals surface area contributed by atoms with Gasteiger partial charge < -0.3 is 14.4 Å². The number of para-hydroxylation sites is 2. The Kier molecular flexibility index (Phi) is 4.58. The summed E-state index contributed by atoms with van der Waals surface area (Å²) in [7, 11) is 0. The first-order valence-corrected chi connectivity index (χ1v) is 7.77. The van der Waals surface area contributed by atoms with E-state index in [1.807, 2.05) is 24.3 Å². The second kappa shape index (κ2) is 6.79. The van der Waals surface area contributed by atoms with Gasteiger partial charge in [0.05, 0.1) is 0 Å². The van der Waals surface area contributed by atoms with Crippen molar-refractivity contribution in [1.82, 2.24) is 9.88 Å². The average Bonchev–Trinajstić information content (AvgIpc) is 2.96. The number of nitrogens with zero attached hydrogens (tertiary/aromatic N) is 3. The lowest BCUT2D eigenvalue weighted by atomic mass is 10.2. The summed E-state index contributed by atoms with van der Waals surface area (Å²) < 4.78 is 5.80. The van der Waals surface area contributed by atoms with Crippen molar-refractivity contribution in [2.75, 3.05) is 37.6 Å². The van der Waals surface area contributed by atoms with Crippen LogP contribution in [0.4, 0.5) is 6.01 Å². The van der Waals surface area contributed by atoms with E-state index in [4.69, 9.17) is 9.52 Å². The summed E-state index contributed by atoms with van der Waals surface area (Å²) in [5.41, 5.74) is 1.72. The summed E-state index contributed by atoms with van der Waals surface area (Å²) in [4.78, 5) is 19.6. The number of carbonyl (C=O) groups is 1. The Balaban J connectivity index is 1.48. The maximum absolute atomic E-state index is 10.5. The first-order chi connectivity index (χ1) is 10.7. The maximum Gasteiger partial charge on any atom is 0.303 e. The molecule has 0 saturated carbocycles. The minimum atomic E-state index is -0.708. The van der Waals surface area contributed by atoms with E-state index < -0.39 is 5.97 Å². The molecule has 0 spiro atoms. The first-order valence-electron chi connectivity index (χ1n) is 7.77. The van der Waals surface area contributed by atoms with Gasteiger partial charge in [-0.3, -0.25) is 9.69 Å². The molecule has 0 unspecified atom stereocenters. The highest BCUT2D eigenvalue weighted by Crippen LogP contribution is 2.22. The van der Waals surface area contributed by atoms with E-state index in [9.17, 15) is 4.79 Å². The molecule has 0 aliphatic carbocycles. The highest BCUT2D eigenvalue weighted by molar-refractivity contribution is 5.74. The largest absolute Gasteiger partial charge is 0.481 e. The summed E-state index contributed by atoms with van der Waals surface area (Å²) in [6, 6.07) is 8.51. The normalized spacial score (nSPS) is 16.3. The van der Waals surface area contributed by atoms with Crippen molar-refractivity contribution in [1.29, 1.82) is 0 Å². The molecule has 0 radical (unpaired) electrons. The number of aromatic nitrogens is 1. The topological polar surface area (TPSA) is 69.8 Å². The lowest BCUT2D eigenvalue weighted by Crippen LogP contribution is -2.46. The number of carboxylic acids is 1. The molecule has 1 aromatic heterocycles. The second-order valence-electron chi connectivity index (χ2n) is 5.64. The molecular formula is C16H21N3O3. The predicted molar refractivity (Wildman–Crippen MR) is 84.1 cm³/mol. The van der Waals surface area contributed by atoms with Gasteiger partial charge in [0.1, 0.15) is 5.52 Å². The summed E-state index contributed by atoms with van der Waals surface area (Å²) in [5.74, 6) is -0.708. The third kappa shape index (κ3) is 3.57. The number of hydrogen-bond donors (Lipinski definition) is 1. The molecule has 22 heavy (non-hydrogen) atoms. The molecule has 3 rings (SSSR count). The fourth-order valence-corrected chi connectivity index (χ4v) is 2.77. The summed E-state index contributed by atoms with van der Waals surface area (Å²) in [5, 5.41) is 8.63. The van der Waals surface area contributed by atoms with E-state index >= 15 is 0 Å². The monoisotopic (exact) mass is 303 g/mol. The molecule has 0 atom stereocenters. The fraction of sp³-hybridized carbons (Fsp3) is 0.500. The van der Waals surface area contributed by atoms with Gasteiger partial charge in [0.25, 0.3) is 6.01 Å². The van der Waals surface area contributed by atoms with Gasteiger partial charge in [0.15, 0.2) is 5.58 Å². The molecule has 1 N–H and O–H groups in total. The highest BCUT2D eigenvalue weighted by Gasteiger charge is 2.20. The molecule has 6 nitrogen and oxygen atoms in total. The molecule has 2 heterocycles. The highest BCUT2D eigenvalue weighted by atomic mass is 16.4. The minimum absolute atomic E-state index is 0.267. The number of oxazole rings is 1. The Morgan fingerprint density at radius 3 is 2.68 bits per heavy atom. The van der Waals surface area contributed by atoms with Crippen molar-refractivity contribution < 1.29 is 14.3 Å². The Morgan fingerprint density at radius 2 is 1.95 bits per heavy atom. The summed E-state index contributed by atoms with van der Waals surface area (Å²) >= 11 is 0. The molecule has 1 aliphatic rings. The van der Waals surface area contributed by atoms with Crippen LogP contribution in [0.3, 0.4) is 0 Å². The van der Waals surface area contributed by atoms with Crippen LogP contribution in [0.5, 0.6) is 0 Å². The average molecular weight is 303 g/mol. The van der Waals surface area contributed by atoms with E-state index in [1.165, 1.54) is 0 Å². The molecule has 2 aromatic rings. The quantitative estimate of drug-likeness (QED) is 0.825. The Bertz CT molecular complexity index is 599. The zero-order chi connectivity index (χ0) is 15.4. The third-order valence-corrected chi connectivity index (χ3v) is 4.04. The van der Waals surface area contributed by atoms with Gasteiger partial charge in [-0.05, 0) is 31.5 Å². The second-order valence-corrected chi connectivity index (χ2v) is 5.64. The standard InChI is InChI=1S/C16H21N3O3/c20-15(21)7-3-4-8-18-9-11-19(12-10-18)16-17-13-5-1-2-6-14(13)22-16/h1-2,5-6H,3-4,7-12H2,(H,20,21). The van der Waals surface area contributed by atoms with E-state index in [0.717, 1.165) is 56.7 Å². The fourth-order valence-electron chi connectivity index (χ4n) is 2.77. The van der Waals surface area contributed by atoms with Gasteiger partial charge >= 0.3 is 5.97 Å². The van der Waals surface area contributed by atoms with Crippen LogP contribution in [0.25, 0.3) is 11.1 Å². The van der Waals surface area contributed by atoms with Crippen molar-refractivity contribution in [2.45, 2.75) is 19.3 Å². The van der Waals surface area contributed by atoms with Crippen molar-refractivity contribution in [3.05, 3.63) is 24.3 Å². The number of hydrogen-bond acceptors (Lipinski definition) is 5. The number of anilines is 1. The molecule has 1 fully saturated rings. The molecule has 0 amide bonds. The van der Waals surface area contributed by atoms with Crippen LogP contribution in [0, 0.1) is 0 Å². The molecule has 1 aromatic carbocycles. The number of benzene rings is 1. The predicted octanol–water partition coefficient (Wildman–Crippen LogP) is 2.20. The Hall–Kier alpha value is -2.08. The van der Waals surface area contributed by atoms with Gasteiger partial charge in [0.2, 0.25) is 0 Å². The zero-order valence-electron chi connectivity index (χ0n) is 12.6.